The number of benzene rings is 3. The summed E-state index contributed by atoms with van der Waals surface area (Å²) in [6, 6.07) is 20.9. The van der Waals surface area contributed by atoms with Crippen molar-refractivity contribution in [1.82, 2.24) is 0 Å². The number of hydrogen-bond acceptors (Lipinski definition) is 2. The molecule has 3 rings (SSSR count). The lowest BCUT2D eigenvalue weighted by Crippen LogP contribution is -2.14. The summed E-state index contributed by atoms with van der Waals surface area (Å²) in [4.78, 5) is 12.5. The minimum Gasteiger partial charge on any atom is -0.321 e. The van der Waals surface area contributed by atoms with Gasteiger partial charge in [-0.05, 0) is 47.0 Å². The molecule has 1 amide bonds. The van der Waals surface area contributed by atoms with Crippen LogP contribution in [0.25, 0.3) is 16.8 Å². The second kappa shape index (κ2) is 7.21. The zero-order chi connectivity index (χ0) is 17.8. The average Bonchev–Trinajstić information content (AvgIpc) is 2.63. The van der Waals surface area contributed by atoms with Gasteiger partial charge in [0.05, 0.1) is 0 Å². The third-order valence-corrected chi connectivity index (χ3v) is 4.41. The topological polar surface area (TPSA) is 52.9 Å². The van der Waals surface area contributed by atoms with Crippen molar-refractivity contribution in [1.29, 1.82) is 5.26 Å². The van der Waals surface area contributed by atoms with Crippen LogP contribution in [0.5, 0.6) is 0 Å². The number of nitriles is 1. The van der Waals surface area contributed by atoms with E-state index in [0.717, 1.165) is 21.9 Å². The molecule has 0 radical (unpaired) electrons. The number of nitrogens with zero attached hydrogens (tertiary/aromatic N) is 1. The smallest absolute Gasteiger partial charge is 0.266 e. The van der Waals surface area contributed by atoms with Crippen molar-refractivity contribution in [3.8, 4) is 6.07 Å². The van der Waals surface area contributed by atoms with E-state index in [9.17, 15) is 10.1 Å². The first kappa shape index (κ1) is 16.8. The number of halogens is 1. The number of hydrogen-bond donors (Lipinski definition) is 1. The normalized spacial score (nSPS) is 11.2. The van der Waals surface area contributed by atoms with Crippen molar-refractivity contribution in [2.45, 2.75) is 6.92 Å². The van der Waals surface area contributed by atoms with Gasteiger partial charge in [-0.2, -0.15) is 5.26 Å². The van der Waals surface area contributed by atoms with Crippen molar-refractivity contribution in [2.24, 2.45) is 0 Å². The zero-order valence-corrected chi connectivity index (χ0v) is 14.3. The Morgan fingerprint density at radius 3 is 2.60 bits per heavy atom. The molecule has 0 fully saturated rings. The van der Waals surface area contributed by atoms with Crippen molar-refractivity contribution in [2.75, 3.05) is 5.32 Å². The highest BCUT2D eigenvalue weighted by Crippen LogP contribution is 2.24. The van der Waals surface area contributed by atoms with Crippen LogP contribution in [0, 0.1) is 18.3 Å². The molecule has 3 aromatic rings. The van der Waals surface area contributed by atoms with E-state index < -0.39 is 5.91 Å². The molecular weight excluding hydrogens is 332 g/mol. The minimum absolute atomic E-state index is 0.0377. The Bertz CT molecular complexity index is 1030. The van der Waals surface area contributed by atoms with Crippen molar-refractivity contribution < 1.29 is 4.79 Å². The van der Waals surface area contributed by atoms with Gasteiger partial charge in [0.2, 0.25) is 0 Å². The number of carbonyl (C=O) groups excluding carboxylic acids is 1. The van der Waals surface area contributed by atoms with Gasteiger partial charge in [-0.1, -0.05) is 60.1 Å². The number of nitrogens with one attached hydrogen (secondary N) is 1. The highest BCUT2D eigenvalue weighted by molar-refractivity contribution is 6.31. The number of rotatable bonds is 3. The fourth-order valence-corrected chi connectivity index (χ4v) is 2.79. The molecule has 0 unspecified atom stereocenters. The number of carbonyl (C=O) groups is 1. The third kappa shape index (κ3) is 3.55. The number of amides is 1. The second-order valence-electron chi connectivity index (χ2n) is 5.60. The standard InChI is InChI=1S/C21H15ClN2O/c1-14-19(22)10-5-11-20(14)24-21(25)17(13-23)12-16-8-4-7-15-6-2-3-9-18(15)16/h2-12H,1H3,(H,24,25)/b17-12+. The molecule has 25 heavy (non-hydrogen) atoms. The van der Waals surface area contributed by atoms with Crippen LogP contribution in [0.4, 0.5) is 5.69 Å². The van der Waals surface area contributed by atoms with Crippen LogP contribution in [0.3, 0.4) is 0 Å². The highest BCUT2D eigenvalue weighted by Gasteiger charge is 2.12. The van der Waals surface area contributed by atoms with Crippen molar-refractivity contribution >= 4 is 40.0 Å². The first-order valence-corrected chi connectivity index (χ1v) is 8.14. The summed E-state index contributed by atoms with van der Waals surface area (Å²) < 4.78 is 0. The summed E-state index contributed by atoms with van der Waals surface area (Å²) in [5.74, 6) is -0.458. The maximum absolute atomic E-state index is 12.5. The minimum atomic E-state index is -0.458. The van der Waals surface area contributed by atoms with Crippen molar-refractivity contribution in [3.63, 3.8) is 0 Å². The van der Waals surface area contributed by atoms with E-state index in [4.69, 9.17) is 11.6 Å². The molecule has 0 atom stereocenters. The van der Waals surface area contributed by atoms with Gasteiger partial charge < -0.3 is 5.32 Å². The monoisotopic (exact) mass is 346 g/mol. The molecule has 0 bridgehead atoms. The van der Waals surface area contributed by atoms with Gasteiger partial charge in [-0.3, -0.25) is 4.79 Å². The van der Waals surface area contributed by atoms with Gasteiger partial charge in [-0.15, -0.1) is 0 Å². The zero-order valence-electron chi connectivity index (χ0n) is 13.6. The summed E-state index contributed by atoms with van der Waals surface area (Å²) in [6.07, 6.45) is 1.61. The molecule has 0 aliphatic carbocycles. The predicted octanol–water partition coefficient (Wildman–Crippen LogP) is 5.35. The molecule has 0 heterocycles. The molecular formula is C21H15ClN2O. The Labute approximate surface area is 151 Å². The summed E-state index contributed by atoms with van der Waals surface area (Å²) in [5, 5.41) is 14.8. The Hall–Kier alpha value is -3.09. The Kier molecular flexibility index (Phi) is 4.83. The van der Waals surface area contributed by atoms with Crippen LogP contribution >= 0.6 is 11.6 Å². The van der Waals surface area contributed by atoms with E-state index in [1.807, 2.05) is 55.5 Å². The Morgan fingerprint density at radius 2 is 1.80 bits per heavy atom. The van der Waals surface area contributed by atoms with Crippen LogP contribution in [-0.2, 0) is 4.79 Å². The summed E-state index contributed by atoms with van der Waals surface area (Å²) in [5.41, 5.74) is 2.22. The number of fused-ring (bicyclic) bond motifs is 1. The molecule has 0 saturated carbocycles. The van der Waals surface area contributed by atoms with Crippen LogP contribution in [0.2, 0.25) is 5.02 Å². The molecule has 3 nitrogen and oxygen atoms in total. The van der Waals surface area contributed by atoms with Gasteiger partial charge in [0.15, 0.2) is 0 Å². The van der Waals surface area contributed by atoms with E-state index in [-0.39, 0.29) is 5.57 Å². The van der Waals surface area contributed by atoms with Crippen LogP contribution in [-0.4, -0.2) is 5.91 Å². The summed E-state index contributed by atoms with van der Waals surface area (Å²) >= 11 is 6.07. The molecule has 1 N–H and O–H groups in total. The van der Waals surface area contributed by atoms with Gasteiger partial charge >= 0.3 is 0 Å². The summed E-state index contributed by atoms with van der Waals surface area (Å²) in [7, 11) is 0. The van der Waals surface area contributed by atoms with Gasteiger partial charge in [0.1, 0.15) is 11.6 Å². The molecule has 4 heteroatoms. The van der Waals surface area contributed by atoms with Crippen LogP contribution in [0.15, 0.2) is 66.2 Å². The molecule has 0 saturated heterocycles. The Morgan fingerprint density at radius 1 is 1.08 bits per heavy atom. The third-order valence-electron chi connectivity index (χ3n) is 4.00. The quantitative estimate of drug-likeness (QED) is 0.513. The molecule has 122 valence electrons. The van der Waals surface area contributed by atoms with E-state index >= 15 is 0 Å². The maximum atomic E-state index is 12.5. The van der Waals surface area contributed by atoms with E-state index in [2.05, 4.69) is 5.32 Å². The van der Waals surface area contributed by atoms with Crippen LogP contribution < -0.4 is 5.32 Å². The van der Waals surface area contributed by atoms with E-state index in [1.54, 1.807) is 24.3 Å². The molecule has 0 spiro atoms. The largest absolute Gasteiger partial charge is 0.321 e. The fraction of sp³-hybridized carbons (Fsp3) is 0.0476. The first-order valence-electron chi connectivity index (χ1n) is 7.76. The number of anilines is 1. The lowest BCUT2D eigenvalue weighted by molar-refractivity contribution is -0.112. The van der Waals surface area contributed by atoms with Gasteiger partial charge in [-0.25, -0.2) is 0 Å². The van der Waals surface area contributed by atoms with E-state index in [0.29, 0.717) is 10.7 Å². The highest BCUT2D eigenvalue weighted by atomic mass is 35.5. The SMILES string of the molecule is Cc1c(Cl)cccc1NC(=O)/C(C#N)=C/c1cccc2ccccc12. The summed E-state index contributed by atoms with van der Waals surface area (Å²) in [6.45, 7) is 1.82. The predicted molar refractivity (Wildman–Crippen MR) is 102 cm³/mol. The fourth-order valence-electron chi connectivity index (χ4n) is 2.61. The van der Waals surface area contributed by atoms with Gasteiger partial charge in [0.25, 0.3) is 5.91 Å². The van der Waals surface area contributed by atoms with Gasteiger partial charge in [0, 0.05) is 10.7 Å². The average molecular weight is 347 g/mol. The molecule has 0 aliphatic rings. The lowest BCUT2D eigenvalue weighted by atomic mass is 10.0. The maximum Gasteiger partial charge on any atom is 0.266 e. The molecule has 0 aliphatic heterocycles. The van der Waals surface area contributed by atoms with E-state index in [1.165, 1.54) is 0 Å². The van der Waals surface area contributed by atoms with Crippen LogP contribution in [0.1, 0.15) is 11.1 Å². The lowest BCUT2D eigenvalue weighted by Gasteiger charge is -2.09. The first-order chi connectivity index (χ1) is 12.1. The molecule has 0 aromatic heterocycles. The Balaban J connectivity index is 1.96. The second-order valence-corrected chi connectivity index (χ2v) is 6.01. The van der Waals surface area contributed by atoms with Crippen molar-refractivity contribution in [3.05, 3.63) is 82.4 Å². The molecule has 3 aromatic carbocycles.